The van der Waals surface area contributed by atoms with Gasteiger partial charge in [-0.15, -0.1) is 0 Å². The number of rotatable bonds is 4. The third kappa shape index (κ3) is 2.85. The molecule has 1 aliphatic heterocycles. The van der Waals surface area contributed by atoms with Crippen LogP contribution >= 0.6 is 0 Å². The zero-order valence-corrected chi connectivity index (χ0v) is 8.06. The zero-order valence-electron chi connectivity index (χ0n) is 8.06. The average molecular weight is 224 g/mol. The third-order valence-corrected chi connectivity index (χ3v) is 2.22. The van der Waals surface area contributed by atoms with Gasteiger partial charge >= 0.3 is 0 Å². The van der Waals surface area contributed by atoms with Crippen LogP contribution in [0.3, 0.4) is 0 Å². The van der Waals surface area contributed by atoms with Crippen molar-refractivity contribution in [1.82, 2.24) is 0 Å². The quantitative estimate of drug-likeness (QED) is 0.341. The van der Waals surface area contributed by atoms with Gasteiger partial charge < -0.3 is 35.0 Å². The van der Waals surface area contributed by atoms with Gasteiger partial charge in [0.15, 0.2) is 6.29 Å². The van der Waals surface area contributed by atoms with Crippen LogP contribution in [0.1, 0.15) is 0 Å². The second kappa shape index (κ2) is 5.71. The van der Waals surface area contributed by atoms with E-state index in [1.54, 1.807) is 0 Å². The largest absolute Gasteiger partial charge is 0.394 e. The molecule has 90 valence electrons. The van der Waals surface area contributed by atoms with E-state index in [2.05, 4.69) is 0 Å². The van der Waals surface area contributed by atoms with E-state index in [1.807, 2.05) is 0 Å². The standard InChI is InChI=1S/C8H16O7/c9-1-2-14-8-7(13)6(12)5(11)4(3-10)15-8/h4-13H,1-3H2/t4-,5-,6+,7-,8+/m1/s1. The predicted molar refractivity (Wildman–Crippen MR) is 46.8 cm³/mol. The van der Waals surface area contributed by atoms with Crippen LogP contribution in [0, 0.1) is 0 Å². The van der Waals surface area contributed by atoms with Gasteiger partial charge in [0.25, 0.3) is 0 Å². The van der Waals surface area contributed by atoms with Gasteiger partial charge in [0.2, 0.25) is 0 Å². The summed E-state index contributed by atoms with van der Waals surface area (Å²) in [5.41, 5.74) is 0. The first-order valence-corrected chi connectivity index (χ1v) is 4.64. The minimum absolute atomic E-state index is 0.0668. The first-order chi connectivity index (χ1) is 7.11. The Labute approximate surface area is 86.5 Å². The topological polar surface area (TPSA) is 120 Å². The molecule has 5 atom stereocenters. The van der Waals surface area contributed by atoms with Crippen molar-refractivity contribution in [1.29, 1.82) is 0 Å². The Morgan fingerprint density at radius 2 is 1.67 bits per heavy atom. The summed E-state index contributed by atoms with van der Waals surface area (Å²) in [5.74, 6) is 0. The van der Waals surface area contributed by atoms with E-state index in [4.69, 9.17) is 19.7 Å². The molecule has 7 heteroatoms. The Bertz CT molecular complexity index is 186. The minimum Gasteiger partial charge on any atom is -0.394 e. The van der Waals surface area contributed by atoms with Gasteiger partial charge in [-0.25, -0.2) is 0 Å². The van der Waals surface area contributed by atoms with Crippen molar-refractivity contribution < 1.29 is 35.0 Å². The highest BCUT2D eigenvalue weighted by Gasteiger charge is 2.43. The van der Waals surface area contributed by atoms with Crippen LogP contribution in [0.25, 0.3) is 0 Å². The third-order valence-electron chi connectivity index (χ3n) is 2.22. The molecule has 1 heterocycles. The van der Waals surface area contributed by atoms with Gasteiger partial charge in [-0.05, 0) is 0 Å². The Balaban J connectivity index is 2.57. The Hall–Kier alpha value is -0.280. The summed E-state index contributed by atoms with van der Waals surface area (Å²) in [7, 11) is 0. The molecule has 0 radical (unpaired) electrons. The summed E-state index contributed by atoms with van der Waals surface area (Å²) in [6.45, 7) is -0.818. The Kier molecular flexibility index (Phi) is 4.87. The van der Waals surface area contributed by atoms with Gasteiger partial charge in [-0.2, -0.15) is 0 Å². The molecule has 5 N–H and O–H groups in total. The maximum atomic E-state index is 9.42. The molecule has 15 heavy (non-hydrogen) atoms. The SMILES string of the molecule is OCCO[C@H]1O[C@H](CO)[C@@H](O)[C@H](O)[C@H]1O. The van der Waals surface area contributed by atoms with E-state index in [0.29, 0.717) is 0 Å². The number of aliphatic hydroxyl groups excluding tert-OH is 5. The molecule has 0 bridgehead atoms. The zero-order chi connectivity index (χ0) is 11.4. The van der Waals surface area contributed by atoms with Crippen LogP contribution in [0.2, 0.25) is 0 Å². The number of ether oxygens (including phenoxy) is 2. The highest BCUT2D eigenvalue weighted by Crippen LogP contribution is 2.21. The molecule has 0 aromatic heterocycles. The second-order valence-electron chi connectivity index (χ2n) is 3.29. The van der Waals surface area contributed by atoms with Crippen LogP contribution in [0.15, 0.2) is 0 Å². The van der Waals surface area contributed by atoms with E-state index < -0.39 is 37.3 Å². The van der Waals surface area contributed by atoms with Crippen molar-refractivity contribution in [3.8, 4) is 0 Å². The molecule has 0 saturated carbocycles. The Morgan fingerprint density at radius 3 is 2.20 bits per heavy atom. The molecule has 1 fully saturated rings. The van der Waals surface area contributed by atoms with E-state index in [1.165, 1.54) is 0 Å². The molecular weight excluding hydrogens is 208 g/mol. The normalized spacial score (nSPS) is 41.8. The molecule has 0 amide bonds. The fraction of sp³-hybridized carbons (Fsp3) is 1.00. The molecule has 1 saturated heterocycles. The minimum atomic E-state index is -1.44. The number of aliphatic hydroxyl groups is 5. The van der Waals surface area contributed by atoms with Gasteiger partial charge in [0.05, 0.1) is 19.8 Å². The van der Waals surface area contributed by atoms with E-state index in [-0.39, 0.29) is 13.2 Å². The number of hydrogen-bond donors (Lipinski definition) is 5. The highest BCUT2D eigenvalue weighted by atomic mass is 16.7. The summed E-state index contributed by atoms with van der Waals surface area (Å²) >= 11 is 0. The fourth-order valence-electron chi connectivity index (χ4n) is 1.37. The number of hydrogen-bond acceptors (Lipinski definition) is 7. The second-order valence-corrected chi connectivity index (χ2v) is 3.29. The van der Waals surface area contributed by atoms with Gasteiger partial charge in [-0.1, -0.05) is 0 Å². The highest BCUT2D eigenvalue weighted by molar-refractivity contribution is 4.88. The lowest BCUT2D eigenvalue weighted by Gasteiger charge is -2.39. The maximum Gasteiger partial charge on any atom is 0.186 e. The maximum absolute atomic E-state index is 9.42. The lowest BCUT2D eigenvalue weighted by molar-refractivity contribution is -0.302. The van der Waals surface area contributed by atoms with Crippen LogP contribution < -0.4 is 0 Å². The van der Waals surface area contributed by atoms with Crippen molar-refractivity contribution in [2.75, 3.05) is 19.8 Å². The van der Waals surface area contributed by atoms with Crippen LogP contribution in [-0.2, 0) is 9.47 Å². The molecule has 0 unspecified atom stereocenters. The average Bonchev–Trinajstić information content (AvgIpc) is 2.25. The van der Waals surface area contributed by atoms with Gasteiger partial charge in [0, 0.05) is 0 Å². The summed E-state index contributed by atoms with van der Waals surface area (Å²) in [6.07, 6.45) is -6.38. The summed E-state index contributed by atoms with van der Waals surface area (Å²) < 4.78 is 9.88. The van der Waals surface area contributed by atoms with Gasteiger partial charge in [-0.3, -0.25) is 0 Å². The summed E-state index contributed by atoms with van der Waals surface area (Å²) in [4.78, 5) is 0. The van der Waals surface area contributed by atoms with Gasteiger partial charge in [0.1, 0.15) is 24.4 Å². The molecule has 1 rings (SSSR count). The molecule has 1 aliphatic rings. The predicted octanol–water partition coefficient (Wildman–Crippen LogP) is -3.20. The van der Waals surface area contributed by atoms with Crippen molar-refractivity contribution in [2.24, 2.45) is 0 Å². The monoisotopic (exact) mass is 224 g/mol. The molecule has 7 nitrogen and oxygen atoms in total. The van der Waals surface area contributed by atoms with Crippen molar-refractivity contribution in [2.45, 2.75) is 30.7 Å². The molecule has 0 aromatic carbocycles. The first kappa shape index (κ1) is 12.8. The fourth-order valence-corrected chi connectivity index (χ4v) is 1.37. The molecular formula is C8H16O7. The van der Waals surface area contributed by atoms with Crippen molar-refractivity contribution >= 4 is 0 Å². The van der Waals surface area contributed by atoms with E-state index >= 15 is 0 Å². The summed E-state index contributed by atoms with van der Waals surface area (Å²) in [6, 6.07) is 0. The lowest BCUT2D eigenvalue weighted by Crippen LogP contribution is -2.59. The molecule has 0 spiro atoms. The van der Waals surface area contributed by atoms with Crippen LogP contribution in [-0.4, -0.2) is 76.1 Å². The summed E-state index contributed by atoms with van der Waals surface area (Å²) in [5, 5.41) is 45.5. The molecule has 0 aromatic rings. The first-order valence-electron chi connectivity index (χ1n) is 4.64. The molecule has 0 aliphatic carbocycles. The van der Waals surface area contributed by atoms with Crippen molar-refractivity contribution in [3.05, 3.63) is 0 Å². The van der Waals surface area contributed by atoms with E-state index in [9.17, 15) is 15.3 Å². The lowest BCUT2D eigenvalue weighted by atomic mass is 9.99. The smallest absolute Gasteiger partial charge is 0.186 e. The van der Waals surface area contributed by atoms with Crippen LogP contribution in [0.5, 0.6) is 0 Å². The van der Waals surface area contributed by atoms with E-state index in [0.717, 1.165) is 0 Å². The Morgan fingerprint density at radius 1 is 1.00 bits per heavy atom. The van der Waals surface area contributed by atoms with Crippen LogP contribution in [0.4, 0.5) is 0 Å². The van der Waals surface area contributed by atoms with Crippen molar-refractivity contribution in [3.63, 3.8) is 0 Å².